The van der Waals surface area contributed by atoms with Crippen molar-refractivity contribution in [2.24, 2.45) is 0 Å². The number of nitro benzene ring substituents is 1. The van der Waals surface area contributed by atoms with Crippen molar-refractivity contribution in [2.45, 2.75) is 13.3 Å². The lowest BCUT2D eigenvalue weighted by Gasteiger charge is -2.05. The summed E-state index contributed by atoms with van der Waals surface area (Å²) in [6.45, 7) is 3.08. The van der Waals surface area contributed by atoms with Crippen LogP contribution in [0.1, 0.15) is 22.3 Å². The van der Waals surface area contributed by atoms with Crippen molar-refractivity contribution in [1.29, 1.82) is 0 Å². The zero-order chi connectivity index (χ0) is 13.5. The second-order valence-corrected chi connectivity index (χ2v) is 4.03. The SMILES string of the molecule is CNCCCNC(=O)c1cc(C)cc([N+](=O)[O-])c1.Cl. The molecule has 0 atom stereocenters. The maximum absolute atomic E-state index is 11.8. The van der Waals surface area contributed by atoms with E-state index in [-0.39, 0.29) is 24.0 Å². The van der Waals surface area contributed by atoms with Crippen molar-refractivity contribution < 1.29 is 9.72 Å². The van der Waals surface area contributed by atoms with E-state index in [1.807, 2.05) is 7.05 Å². The maximum Gasteiger partial charge on any atom is 0.270 e. The van der Waals surface area contributed by atoms with E-state index < -0.39 is 4.92 Å². The highest BCUT2D eigenvalue weighted by Gasteiger charge is 2.12. The number of amides is 1. The van der Waals surface area contributed by atoms with Gasteiger partial charge in [0.1, 0.15) is 0 Å². The largest absolute Gasteiger partial charge is 0.352 e. The molecule has 0 bridgehead atoms. The van der Waals surface area contributed by atoms with Gasteiger partial charge in [-0.1, -0.05) is 0 Å². The zero-order valence-corrected chi connectivity index (χ0v) is 11.8. The molecule has 1 aromatic carbocycles. The predicted molar refractivity (Wildman–Crippen MR) is 76.0 cm³/mol. The first-order valence-corrected chi connectivity index (χ1v) is 5.73. The van der Waals surface area contributed by atoms with Crippen molar-refractivity contribution in [2.75, 3.05) is 20.1 Å². The summed E-state index contributed by atoms with van der Waals surface area (Å²) < 4.78 is 0. The third kappa shape index (κ3) is 5.67. The fourth-order valence-corrected chi connectivity index (χ4v) is 1.57. The molecule has 2 N–H and O–H groups in total. The third-order valence-corrected chi connectivity index (χ3v) is 2.42. The van der Waals surface area contributed by atoms with E-state index in [1.165, 1.54) is 12.1 Å². The third-order valence-electron chi connectivity index (χ3n) is 2.42. The molecule has 106 valence electrons. The second-order valence-electron chi connectivity index (χ2n) is 4.03. The summed E-state index contributed by atoms with van der Waals surface area (Å²) in [5.41, 5.74) is 0.964. The van der Waals surface area contributed by atoms with E-state index in [1.54, 1.807) is 13.0 Å². The van der Waals surface area contributed by atoms with Crippen molar-refractivity contribution in [1.82, 2.24) is 10.6 Å². The molecule has 0 spiro atoms. The molecule has 7 heteroatoms. The summed E-state index contributed by atoms with van der Waals surface area (Å²) in [6, 6.07) is 4.37. The van der Waals surface area contributed by atoms with Crippen LogP contribution in [0.25, 0.3) is 0 Å². The van der Waals surface area contributed by atoms with Crippen LogP contribution in [0, 0.1) is 17.0 Å². The first-order valence-electron chi connectivity index (χ1n) is 5.73. The quantitative estimate of drug-likeness (QED) is 0.473. The number of hydrogen-bond acceptors (Lipinski definition) is 4. The molecule has 0 saturated carbocycles. The minimum atomic E-state index is -0.495. The van der Waals surface area contributed by atoms with Crippen LogP contribution in [0.15, 0.2) is 18.2 Å². The van der Waals surface area contributed by atoms with E-state index in [0.29, 0.717) is 17.7 Å². The number of non-ortho nitro benzene ring substituents is 1. The van der Waals surface area contributed by atoms with Gasteiger partial charge >= 0.3 is 0 Å². The van der Waals surface area contributed by atoms with Gasteiger partial charge in [0.15, 0.2) is 0 Å². The van der Waals surface area contributed by atoms with Gasteiger partial charge in [0.05, 0.1) is 4.92 Å². The molecule has 1 amide bonds. The fourth-order valence-electron chi connectivity index (χ4n) is 1.57. The van der Waals surface area contributed by atoms with Gasteiger partial charge in [-0.15, -0.1) is 12.4 Å². The zero-order valence-electron chi connectivity index (χ0n) is 10.9. The van der Waals surface area contributed by atoms with Gasteiger partial charge < -0.3 is 10.6 Å². The topological polar surface area (TPSA) is 84.3 Å². The van der Waals surface area contributed by atoms with Crippen molar-refractivity contribution >= 4 is 24.0 Å². The van der Waals surface area contributed by atoms with Crippen LogP contribution in [0.2, 0.25) is 0 Å². The highest BCUT2D eigenvalue weighted by Crippen LogP contribution is 2.16. The Kier molecular flexibility index (Phi) is 7.71. The average Bonchev–Trinajstić information content (AvgIpc) is 2.33. The fraction of sp³-hybridized carbons (Fsp3) is 0.417. The van der Waals surface area contributed by atoms with E-state index in [2.05, 4.69) is 10.6 Å². The second kappa shape index (κ2) is 8.44. The summed E-state index contributed by atoms with van der Waals surface area (Å²) in [5, 5.41) is 16.4. The van der Waals surface area contributed by atoms with Gasteiger partial charge in [0, 0.05) is 24.2 Å². The molecule has 1 aromatic rings. The lowest BCUT2D eigenvalue weighted by atomic mass is 10.1. The summed E-state index contributed by atoms with van der Waals surface area (Å²) >= 11 is 0. The number of benzene rings is 1. The smallest absolute Gasteiger partial charge is 0.270 e. The normalized spacial score (nSPS) is 9.58. The number of carbonyl (C=O) groups excluding carboxylic acids is 1. The number of rotatable bonds is 6. The predicted octanol–water partition coefficient (Wildman–Crippen LogP) is 1.66. The van der Waals surface area contributed by atoms with Gasteiger partial charge in [-0.2, -0.15) is 0 Å². The van der Waals surface area contributed by atoms with Crippen LogP contribution < -0.4 is 10.6 Å². The molecule has 6 nitrogen and oxygen atoms in total. The van der Waals surface area contributed by atoms with Gasteiger partial charge in [-0.25, -0.2) is 0 Å². The molecule has 0 radical (unpaired) electrons. The van der Waals surface area contributed by atoms with Crippen molar-refractivity contribution in [3.63, 3.8) is 0 Å². The van der Waals surface area contributed by atoms with Crippen LogP contribution in [0.3, 0.4) is 0 Å². The molecule has 19 heavy (non-hydrogen) atoms. The summed E-state index contributed by atoms with van der Waals surface area (Å²) in [5.74, 6) is -0.280. The Bertz CT molecular complexity index is 452. The van der Waals surface area contributed by atoms with E-state index in [4.69, 9.17) is 0 Å². The number of nitro groups is 1. The Morgan fingerprint density at radius 3 is 2.58 bits per heavy atom. The minimum Gasteiger partial charge on any atom is -0.352 e. The molecule has 0 aliphatic rings. The first-order chi connectivity index (χ1) is 8.54. The Morgan fingerprint density at radius 1 is 1.32 bits per heavy atom. The Labute approximate surface area is 118 Å². The van der Waals surface area contributed by atoms with Gasteiger partial charge in [0.25, 0.3) is 11.6 Å². The lowest BCUT2D eigenvalue weighted by Crippen LogP contribution is -2.26. The van der Waals surface area contributed by atoms with Gasteiger partial charge in [0.2, 0.25) is 0 Å². The first kappa shape index (κ1) is 17.3. The lowest BCUT2D eigenvalue weighted by molar-refractivity contribution is -0.384. The molecule has 1 rings (SSSR count). The number of carbonyl (C=O) groups is 1. The molecule has 0 unspecified atom stereocenters. The minimum absolute atomic E-state index is 0. The van der Waals surface area contributed by atoms with E-state index >= 15 is 0 Å². The number of hydrogen-bond donors (Lipinski definition) is 2. The van der Waals surface area contributed by atoms with Crippen LogP contribution in [0.4, 0.5) is 5.69 Å². The molecular weight excluding hydrogens is 270 g/mol. The van der Waals surface area contributed by atoms with Gasteiger partial charge in [-0.05, 0) is 38.6 Å². The highest BCUT2D eigenvalue weighted by atomic mass is 35.5. The average molecular weight is 288 g/mol. The summed E-state index contributed by atoms with van der Waals surface area (Å²) in [4.78, 5) is 22.0. The number of aryl methyl sites for hydroxylation is 1. The van der Waals surface area contributed by atoms with Crippen LogP contribution in [0.5, 0.6) is 0 Å². The summed E-state index contributed by atoms with van der Waals surface area (Å²) in [6.07, 6.45) is 0.816. The molecule has 0 aliphatic heterocycles. The van der Waals surface area contributed by atoms with Crippen molar-refractivity contribution in [3.8, 4) is 0 Å². The highest BCUT2D eigenvalue weighted by molar-refractivity contribution is 5.95. The molecule has 0 aliphatic carbocycles. The molecule has 0 aromatic heterocycles. The number of nitrogens with one attached hydrogen (secondary N) is 2. The number of halogens is 1. The van der Waals surface area contributed by atoms with Crippen LogP contribution >= 0.6 is 12.4 Å². The monoisotopic (exact) mass is 287 g/mol. The molecule has 0 saturated heterocycles. The Hall–Kier alpha value is -1.66. The molecule has 0 fully saturated rings. The number of nitrogens with zero attached hydrogens (tertiary/aromatic N) is 1. The summed E-state index contributed by atoms with van der Waals surface area (Å²) in [7, 11) is 1.84. The van der Waals surface area contributed by atoms with Crippen LogP contribution in [-0.4, -0.2) is 31.0 Å². The van der Waals surface area contributed by atoms with E-state index in [0.717, 1.165) is 13.0 Å². The Morgan fingerprint density at radius 2 is 2.00 bits per heavy atom. The molecular formula is C12H18ClN3O3. The molecule has 0 heterocycles. The van der Waals surface area contributed by atoms with Crippen LogP contribution in [-0.2, 0) is 0 Å². The van der Waals surface area contributed by atoms with Gasteiger partial charge in [-0.3, -0.25) is 14.9 Å². The standard InChI is InChI=1S/C12H17N3O3.ClH/c1-9-6-10(8-11(7-9)15(17)18)12(16)14-5-3-4-13-2;/h6-8,13H,3-5H2,1-2H3,(H,14,16);1H. The van der Waals surface area contributed by atoms with E-state index in [9.17, 15) is 14.9 Å². The van der Waals surface area contributed by atoms with Crippen molar-refractivity contribution in [3.05, 3.63) is 39.4 Å². The maximum atomic E-state index is 11.8. The Balaban J connectivity index is 0.00000324.